The highest BCUT2D eigenvalue weighted by Crippen LogP contribution is 2.35. The number of fused-ring (bicyclic) bond motifs is 3. The number of para-hydroxylation sites is 1. The predicted molar refractivity (Wildman–Crippen MR) is 89.7 cm³/mol. The van der Waals surface area contributed by atoms with Gasteiger partial charge < -0.3 is 8.83 Å². The van der Waals surface area contributed by atoms with E-state index in [4.69, 9.17) is 8.83 Å². The van der Waals surface area contributed by atoms with Gasteiger partial charge in [-0.05, 0) is 54.7 Å². The fraction of sp³-hybridized carbons (Fsp3) is 0.150. The Hall–Kier alpha value is -2.81. The Labute approximate surface area is 132 Å². The fourth-order valence-electron chi connectivity index (χ4n) is 3.55. The normalized spacial score (nSPS) is 13.7. The smallest absolute Gasteiger partial charge is 0.336 e. The van der Waals surface area contributed by atoms with Crippen molar-refractivity contribution in [3.63, 3.8) is 0 Å². The molecule has 1 aliphatic carbocycles. The maximum absolute atomic E-state index is 12.0. The largest absolute Gasteiger partial charge is 0.456 e. The molecular weight excluding hydrogens is 288 g/mol. The molecule has 0 amide bonds. The first-order chi connectivity index (χ1) is 11.3. The Kier molecular flexibility index (Phi) is 2.54. The molecule has 5 rings (SSSR count). The Morgan fingerprint density at radius 2 is 1.65 bits per heavy atom. The van der Waals surface area contributed by atoms with Gasteiger partial charge in [0.2, 0.25) is 0 Å². The third-order valence-electron chi connectivity index (χ3n) is 4.65. The molecule has 0 bridgehead atoms. The Bertz CT molecular complexity index is 1080. The Morgan fingerprint density at radius 3 is 2.52 bits per heavy atom. The van der Waals surface area contributed by atoms with E-state index in [2.05, 4.69) is 6.07 Å². The number of benzene rings is 2. The molecule has 0 fully saturated rings. The summed E-state index contributed by atoms with van der Waals surface area (Å²) < 4.78 is 11.4. The minimum atomic E-state index is -0.342. The maximum Gasteiger partial charge on any atom is 0.336 e. The van der Waals surface area contributed by atoms with Crippen molar-refractivity contribution in [2.75, 3.05) is 0 Å². The van der Waals surface area contributed by atoms with Gasteiger partial charge in [0.15, 0.2) is 0 Å². The van der Waals surface area contributed by atoms with Gasteiger partial charge in [0.1, 0.15) is 16.9 Å². The van der Waals surface area contributed by atoms with E-state index in [0.29, 0.717) is 11.3 Å². The fourth-order valence-corrected chi connectivity index (χ4v) is 3.55. The van der Waals surface area contributed by atoms with Crippen LogP contribution >= 0.6 is 0 Å². The molecule has 0 saturated heterocycles. The summed E-state index contributed by atoms with van der Waals surface area (Å²) in [6.07, 6.45) is 3.31. The van der Waals surface area contributed by atoms with E-state index in [1.165, 1.54) is 17.2 Å². The summed E-state index contributed by atoms with van der Waals surface area (Å²) in [4.78, 5) is 12.0. The van der Waals surface area contributed by atoms with Crippen LogP contribution in [0.25, 0.3) is 33.3 Å². The quantitative estimate of drug-likeness (QED) is 0.479. The van der Waals surface area contributed by atoms with Gasteiger partial charge in [-0.25, -0.2) is 4.79 Å². The number of furan rings is 1. The van der Waals surface area contributed by atoms with Crippen LogP contribution in [0.2, 0.25) is 0 Å². The topological polar surface area (TPSA) is 43.4 Å². The van der Waals surface area contributed by atoms with Gasteiger partial charge in [-0.2, -0.15) is 0 Å². The maximum atomic E-state index is 12.0. The number of rotatable bonds is 1. The van der Waals surface area contributed by atoms with Crippen molar-refractivity contribution in [2.24, 2.45) is 0 Å². The van der Waals surface area contributed by atoms with Crippen LogP contribution in [0.15, 0.2) is 62.2 Å². The van der Waals surface area contributed by atoms with Crippen LogP contribution in [0, 0.1) is 0 Å². The highest BCUT2D eigenvalue weighted by atomic mass is 16.4. The molecule has 0 spiro atoms. The van der Waals surface area contributed by atoms with Crippen molar-refractivity contribution in [3.05, 3.63) is 70.1 Å². The first-order valence-corrected chi connectivity index (χ1v) is 7.86. The van der Waals surface area contributed by atoms with Crippen molar-refractivity contribution in [3.8, 4) is 11.3 Å². The lowest BCUT2D eigenvalue weighted by Gasteiger charge is -2.06. The van der Waals surface area contributed by atoms with E-state index in [1.54, 1.807) is 0 Å². The summed E-state index contributed by atoms with van der Waals surface area (Å²) in [5.74, 6) is 0.710. The highest BCUT2D eigenvalue weighted by Gasteiger charge is 2.17. The molecule has 2 aromatic heterocycles. The second-order valence-electron chi connectivity index (χ2n) is 6.10. The molecule has 2 aromatic carbocycles. The van der Waals surface area contributed by atoms with E-state index in [1.807, 2.05) is 36.4 Å². The molecule has 4 aromatic rings. The zero-order valence-corrected chi connectivity index (χ0v) is 12.5. The van der Waals surface area contributed by atoms with Gasteiger partial charge in [0.05, 0.1) is 0 Å². The molecule has 23 heavy (non-hydrogen) atoms. The van der Waals surface area contributed by atoms with E-state index in [9.17, 15) is 4.79 Å². The third kappa shape index (κ3) is 1.93. The Balaban J connectivity index is 1.84. The van der Waals surface area contributed by atoms with Crippen molar-refractivity contribution in [2.45, 2.75) is 19.3 Å². The Morgan fingerprint density at radius 1 is 0.826 bits per heavy atom. The molecule has 0 atom stereocenters. The number of hydrogen-bond acceptors (Lipinski definition) is 3. The van der Waals surface area contributed by atoms with E-state index >= 15 is 0 Å². The molecular formula is C20H14O3. The number of hydrogen-bond donors (Lipinski definition) is 0. The van der Waals surface area contributed by atoms with E-state index in [0.717, 1.165) is 41.2 Å². The van der Waals surface area contributed by atoms with Crippen LogP contribution in [-0.2, 0) is 12.8 Å². The standard InChI is InChI=1S/C20H14O3/c21-20-11-16(18-10-14-4-1-2-7-17(14)22-18)15-8-12-5-3-6-13(12)9-19(15)23-20/h1-2,4,7-11H,3,5-6H2. The lowest BCUT2D eigenvalue weighted by molar-refractivity contribution is 0.559. The summed E-state index contributed by atoms with van der Waals surface area (Å²) in [7, 11) is 0. The zero-order valence-electron chi connectivity index (χ0n) is 12.5. The molecule has 3 heteroatoms. The molecule has 112 valence electrons. The summed E-state index contributed by atoms with van der Waals surface area (Å²) in [6, 6.07) is 15.6. The minimum Gasteiger partial charge on any atom is -0.456 e. The van der Waals surface area contributed by atoms with Gasteiger partial charge in [0.25, 0.3) is 0 Å². The monoisotopic (exact) mass is 302 g/mol. The average Bonchev–Trinajstić information content (AvgIpc) is 3.17. The first kappa shape index (κ1) is 12.7. The second-order valence-corrected chi connectivity index (χ2v) is 6.10. The molecule has 0 unspecified atom stereocenters. The summed E-state index contributed by atoms with van der Waals surface area (Å²) in [5, 5.41) is 1.98. The number of aryl methyl sites for hydroxylation is 2. The molecule has 0 radical (unpaired) electrons. The van der Waals surface area contributed by atoms with Gasteiger partial charge in [0, 0.05) is 22.4 Å². The van der Waals surface area contributed by atoms with Crippen molar-refractivity contribution >= 4 is 21.9 Å². The van der Waals surface area contributed by atoms with Crippen molar-refractivity contribution < 1.29 is 8.83 Å². The van der Waals surface area contributed by atoms with Gasteiger partial charge in [-0.1, -0.05) is 18.2 Å². The first-order valence-electron chi connectivity index (χ1n) is 7.86. The van der Waals surface area contributed by atoms with Crippen LogP contribution in [0.4, 0.5) is 0 Å². The molecule has 0 N–H and O–H groups in total. The predicted octanol–water partition coefficient (Wildman–Crippen LogP) is 4.69. The third-order valence-corrected chi connectivity index (χ3v) is 4.65. The van der Waals surface area contributed by atoms with Crippen LogP contribution in [0.3, 0.4) is 0 Å². The van der Waals surface area contributed by atoms with Crippen LogP contribution < -0.4 is 5.63 Å². The molecule has 0 aliphatic heterocycles. The SMILES string of the molecule is O=c1cc(-c2cc3ccccc3o2)c2cc3c(cc2o1)CCC3. The zero-order chi connectivity index (χ0) is 15.4. The van der Waals surface area contributed by atoms with Crippen molar-refractivity contribution in [1.29, 1.82) is 0 Å². The summed E-state index contributed by atoms with van der Waals surface area (Å²) >= 11 is 0. The molecule has 3 nitrogen and oxygen atoms in total. The van der Waals surface area contributed by atoms with Crippen LogP contribution in [0.1, 0.15) is 17.5 Å². The van der Waals surface area contributed by atoms with Gasteiger partial charge in [-0.3, -0.25) is 0 Å². The van der Waals surface area contributed by atoms with Crippen LogP contribution in [-0.4, -0.2) is 0 Å². The summed E-state index contributed by atoms with van der Waals surface area (Å²) in [6.45, 7) is 0. The minimum absolute atomic E-state index is 0.342. The highest BCUT2D eigenvalue weighted by molar-refractivity contribution is 5.95. The molecule has 0 saturated carbocycles. The average molecular weight is 302 g/mol. The van der Waals surface area contributed by atoms with E-state index < -0.39 is 0 Å². The second kappa shape index (κ2) is 4.59. The lowest BCUT2D eigenvalue weighted by atomic mass is 10.0. The van der Waals surface area contributed by atoms with Gasteiger partial charge >= 0.3 is 5.63 Å². The van der Waals surface area contributed by atoms with Crippen LogP contribution in [0.5, 0.6) is 0 Å². The molecule has 2 heterocycles. The van der Waals surface area contributed by atoms with E-state index in [-0.39, 0.29) is 5.63 Å². The van der Waals surface area contributed by atoms with Gasteiger partial charge in [-0.15, -0.1) is 0 Å². The lowest BCUT2D eigenvalue weighted by Crippen LogP contribution is -1.98. The summed E-state index contributed by atoms with van der Waals surface area (Å²) in [5.41, 5.74) is 4.58. The molecule has 1 aliphatic rings. The van der Waals surface area contributed by atoms with Crippen molar-refractivity contribution in [1.82, 2.24) is 0 Å².